The van der Waals surface area contributed by atoms with E-state index in [1.165, 1.54) is 0 Å². The molecule has 0 aliphatic rings. The van der Waals surface area contributed by atoms with Crippen molar-refractivity contribution in [3.8, 4) is 0 Å². The summed E-state index contributed by atoms with van der Waals surface area (Å²) in [6, 6.07) is 4.48. The highest BCUT2D eigenvalue weighted by molar-refractivity contribution is 5.85. The van der Waals surface area contributed by atoms with Crippen LogP contribution in [0.25, 0.3) is 0 Å². The van der Waals surface area contributed by atoms with Crippen LogP contribution >= 0.6 is 12.4 Å². The molecule has 102 valence electrons. The third-order valence-corrected chi connectivity index (χ3v) is 2.83. The molecule has 0 saturated carbocycles. The van der Waals surface area contributed by atoms with E-state index < -0.39 is 18.2 Å². The van der Waals surface area contributed by atoms with Crippen LogP contribution in [0.3, 0.4) is 0 Å². The fourth-order valence-corrected chi connectivity index (χ4v) is 1.66. The summed E-state index contributed by atoms with van der Waals surface area (Å²) in [4.78, 5) is 11.3. The minimum Gasteiger partial charge on any atom is -0.464 e. The Balaban J connectivity index is 0.00000289. The van der Waals surface area contributed by atoms with Crippen LogP contribution < -0.4 is 5.73 Å². The second kappa shape index (κ2) is 7.34. The predicted octanol–water partition coefficient (Wildman–Crippen LogP) is 2.63. The van der Waals surface area contributed by atoms with E-state index in [0.29, 0.717) is 5.56 Å². The van der Waals surface area contributed by atoms with E-state index >= 15 is 0 Å². The summed E-state index contributed by atoms with van der Waals surface area (Å²) in [5, 5.41) is 0. The van der Waals surface area contributed by atoms with Crippen molar-refractivity contribution in [2.24, 2.45) is 5.73 Å². The van der Waals surface area contributed by atoms with Gasteiger partial charge in [-0.05, 0) is 37.5 Å². The lowest BCUT2D eigenvalue weighted by Crippen LogP contribution is -2.32. The molecule has 0 amide bonds. The number of carbonyl (C=O) groups excluding carboxylic acids is 1. The first kappa shape index (κ1) is 16.9. The van der Waals surface area contributed by atoms with Crippen molar-refractivity contribution < 1.29 is 13.9 Å². The van der Waals surface area contributed by atoms with Gasteiger partial charge >= 0.3 is 5.97 Å². The van der Waals surface area contributed by atoms with E-state index in [9.17, 15) is 9.18 Å². The number of hydrogen-bond acceptors (Lipinski definition) is 3. The highest BCUT2D eigenvalue weighted by atomic mass is 35.5. The normalized spacial score (nSPS) is 13.4. The molecule has 0 spiro atoms. The van der Waals surface area contributed by atoms with Gasteiger partial charge in [0.25, 0.3) is 0 Å². The molecule has 1 unspecified atom stereocenters. The van der Waals surface area contributed by atoms with Crippen molar-refractivity contribution in [2.45, 2.75) is 33.0 Å². The van der Waals surface area contributed by atoms with Crippen LogP contribution in [0.4, 0.5) is 4.39 Å². The van der Waals surface area contributed by atoms with Gasteiger partial charge in [0.15, 0.2) is 0 Å². The number of hydrogen-bond donors (Lipinski definition) is 1. The van der Waals surface area contributed by atoms with Crippen LogP contribution in [0, 0.1) is 13.8 Å². The van der Waals surface area contributed by atoms with E-state index in [1.54, 1.807) is 19.1 Å². The molecule has 3 nitrogen and oxygen atoms in total. The fraction of sp³-hybridized carbons (Fsp3) is 0.462. The summed E-state index contributed by atoms with van der Waals surface area (Å²) in [6.45, 7) is 5.57. The Kier molecular flexibility index (Phi) is 6.88. The Hall–Kier alpha value is -1.13. The van der Waals surface area contributed by atoms with Gasteiger partial charge < -0.3 is 10.5 Å². The zero-order chi connectivity index (χ0) is 13.0. The van der Waals surface area contributed by atoms with Gasteiger partial charge in [0.2, 0.25) is 6.17 Å². The number of aryl methyl sites for hydroxylation is 1. The van der Waals surface area contributed by atoms with Gasteiger partial charge in [0.1, 0.15) is 0 Å². The quantitative estimate of drug-likeness (QED) is 0.860. The summed E-state index contributed by atoms with van der Waals surface area (Å²) in [5.74, 6) is -0.902. The Labute approximate surface area is 113 Å². The number of rotatable bonds is 4. The van der Waals surface area contributed by atoms with Gasteiger partial charge in [-0.1, -0.05) is 18.2 Å². The molecule has 5 heteroatoms. The molecule has 1 aromatic carbocycles. The summed E-state index contributed by atoms with van der Waals surface area (Å²) in [5.41, 5.74) is 8.34. The Bertz CT molecular complexity index is 412. The molecule has 0 fully saturated rings. The lowest BCUT2D eigenvalue weighted by atomic mass is 9.95. The number of alkyl halides is 1. The average molecular weight is 276 g/mol. The largest absolute Gasteiger partial charge is 0.464 e. The van der Waals surface area contributed by atoms with Crippen molar-refractivity contribution in [1.82, 2.24) is 0 Å². The lowest BCUT2D eigenvalue weighted by molar-refractivity contribution is -0.149. The maximum absolute atomic E-state index is 13.8. The Morgan fingerprint density at radius 1 is 1.44 bits per heavy atom. The smallest absolute Gasteiger partial charge is 0.342 e. The highest BCUT2D eigenvalue weighted by Crippen LogP contribution is 2.23. The Morgan fingerprint density at radius 3 is 2.61 bits per heavy atom. The van der Waals surface area contributed by atoms with Crippen LogP contribution in [0.1, 0.15) is 29.7 Å². The SMILES string of the molecule is CCOC(=O)C(F)[C@@H](N)c1cccc(C)c1C.Cl. The number of esters is 1. The van der Waals surface area contributed by atoms with Crippen molar-refractivity contribution in [3.63, 3.8) is 0 Å². The van der Waals surface area contributed by atoms with Gasteiger partial charge in [-0.25, -0.2) is 9.18 Å². The molecule has 2 atom stereocenters. The van der Waals surface area contributed by atoms with Gasteiger partial charge in [0, 0.05) is 0 Å². The second-order valence-electron chi connectivity index (χ2n) is 3.97. The maximum atomic E-state index is 13.8. The zero-order valence-electron chi connectivity index (χ0n) is 10.8. The number of ether oxygens (including phenoxy) is 1. The third-order valence-electron chi connectivity index (χ3n) is 2.83. The van der Waals surface area contributed by atoms with E-state index in [2.05, 4.69) is 4.74 Å². The van der Waals surface area contributed by atoms with Crippen LogP contribution in [-0.4, -0.2) is 18.7 Å². The van der Waals surface area contributed by atoms with Gasteiger partial charge in [0.05, 0.1) is 12.6 Å². The van der Waals surface area contributed by atoms with Gasteiger partial charge in [-0.2, -0.15) is 0 Å². The summed E-state index contributed by atoms with van der Waals surface area (Å²) in [7, 11) is 0. The van der Waals surface area contributed by atoms with Crippen molar-refractivity contribution >= 4 is 18.4 Å². The monoisotopic (exact) mass is 275 g/mol. The van der Waals surface area contributed by atoms with Gasteiger partial charge in [-0.15, -0.1) is 12.4 Å². The predicted molar refractivity (Wildman–Crippen MR) is 71.6 cm³/mol. The zero-order valence-corrected chi connectivity index (χ0v) is 11.6. The van der Waals surface area contributed by atoms with Crippen LogP contribution in [0.5, 0.6) is 0 Å². The molecule has 0 bridgehead atoms. The maximum Gasteiger partial charge on any atom is 0.342 e. The van der Waals surface area contributed by atoms with E-state index in [1.807, 2.05) is 19.9 Å². The van der Waals surface area contributed by atoms with E-state index in [-0.39, 0.29) is 19.0 Å². The first-order valence-corrected chi connectivity index (χ1v) is 5.61. The van der Waals surface area contributed by atoms with Crippen LogP contribution in [0.2, 0.25) is 0 Å². The number of carbonyl (C=O) groups is 1. The molecular formula is C13H19ClFNO2. The topological polar surface area (TPSA) is 52.3 Å². The molecule has 0 saturated heterocycles. The lowest BCUT2D eigenvalue weighted by Gasteiger charge is -2.18. The van der Waals surface area contributed by atoms with Crippen molar-refractivity contribution in [3.05, 3.63) is 34.9 Å². The Morgan fingerprint density at radius 2 is 2.06 bits per heavy atom. The number of benzene rings is 1. The average Bonchev–Trinajstić information content (AvgIpc) is 2.31. The standard InChI is InChI=1S/C13H18FNO2.ClH/c1-4-17-13(16)11(14)12(15)10-7-5-6-8(2)9(10)3;/h5-7,11-12H,4,15H2,1-3H3;1H/t11?,12-;/m0./s1. The molecule has 0 radical (unpaired) electrons. The molecule has 0 aliphatic carbocycles. The van der Waals surface area contributed by atoms with Crippen molar-refractivity contribution in [1.29, 1.82) is 0 Å². The molecule has 1 aromatic rings. The van der Waals surface area contributed by atoms with Crippen LogP contribution in [0.15, 0.2) is 18.2 Å². The summed E-state index contributed by atoms with van der Waals surface area (Å²) >= 11 is 0. The number of nitrogens with two attached hydrogens (primary N) is 1. The van der Waals surface area contributed by atoms with Crippen molar-refractivity contribution in [2.75, 3.05) is 6.61 Å². The molecule has 0 heterocycles. The minimum atomic E-state index is -1.82. The van der Waals surface area contributed by atoms with Crippen LogP contribution in [-0.2, 0) is 9.53 Å². The number of halogens is 2. The first-order valence-electron chi connectivity index (χ1n) is 5.61. The summed E-state index contributed by atoms with van der Waals surface area (Å²) in [6.07, 6.45) is -1.82. The first-order chi connectivity index (χ1) is 7.99. The molecule has 2 N–H and O–H groups in total. The molecule has 18 heavy (non-hydrogen) atoms. The minimum absolute atomic E-state index is 0. The summed E-state index contributed by atoms with van der Waals surface area (Å²) < 4.78 is 18.4. The van der Waals surface area contributed by atoms with E-state index in [0.717, 1.165) is 11.1 Å². The molecular weight excluding hydrogens is 257 g/mol. The molecule has 0 aliphatic heterocycles. The van der Waals surface area contributed by atoms with E-state index in [4.69, 9.17) is 5.73 Å². The second-order valence-corrected chi connectivity index (χ2v) is 3.97. The highest BCUT2D eigenvalue weighted by Gasteiger charge is 2.28. The molecule has 1 rings (SSSR count). The fourth-order valence-electron chi connectivity index (χ4n) is 1.66. The molecule has 0 aromatic heterocycles. The van der Waals surface area contributed by atoms with Gasteiger partial charge in [-0.3, -0.25) is 0 Å². The third kappa shape index (κ3) is 3.68.